The van der Waals surface area contributed by atoms with Gasteiger partial charge in [-0.2, -0.15) is 13.2 Å². The fourth-order valence-electron chi connectivity index (χ4n) is 4.29. The van der Waals surface area contributed by atoms with Crippen LogP contribution in [-0.4, -0.2) is 44.8 Å². The molecule has 1 aliphatic carbocycles. The Hall–Kier alpha value is -2.75. The molecule has 0 aliphatic heterocycles. The molecule has 0 saturated heterocycles. The number of fused-ring (bicyclic) bond motifs is 1. The van der Waals surface area contributed by atoms with Crippen molar-refractivity contribution < 1.29 is 27.1 Å². The van der Waals surface area contributed by atoms with Crippen molar-refractivity contribution in [3.05, 3.63) is 34.9 Å². The van der Waals surface area contributed by atoms with E-state index in [2.05, 4.69) is 15.5 Å². The molecule has 0 unspecified atom stereocenters. The third kappa shape index (κ3) is 5.16. The first-order valence-electron chi connectivity index (χ1n) is 11.2. The maximum Gasteiger partial charge on any atom is 0.389 e. The first-order chi connectivity index (χ1) is 15.8. The summed E-state index contributed by atoms with van der Waals surface area (Å²) in [4.78, 5) is 4.75. The largest absolute Gasteiger partial charge is 0.402 e. The lowest BCUT2D eigenvalue weighted by molar-refractivity contribution is -0.134. The number of nitrogens with zero attached hydrogens (tertiary/aromatic N) is 3. The van der Waals surface area contributed by atoms with Gasteiger partial charge in [0.25, 0.3) is 5.89 Å². The monoisotopic (exact) mass is 480 g/mol. The summed E-state index contributed by atoms with van der Waals surface area (Å²) in [7, 11) is 0. The molecule has 1 aromatic carbocycles. The molecule has 0 bridgehead atoms. The fraction of sp³-hybridized carbons (Fsp3) is 0.542. The average molecular weight is 481 g/mol. The summed E-state index contributed by atoms with van der Waals surface area (Å²) < 4.78 is 56.9. The smallest absolute Gasteiger partial charge is 0.389 e. The maximum atomic E-state index is 12.8. The summed E-state index contributed by atoms with van der Waals surface area (Å²) in [5, 5.41) is 21.6. The van der Waals surface area contributed by atoms with E-state index in [0.717, 1.165) is 16.5 Å². The van der Waals surface area contributed by atoms with E-state index in [1.54, 1.807) is 18.2 Å². The van der Waals surface area contributed by atoms with Crippen molar-refractivity contribution in [3.63, 3.8) is 0 Å². The second-order valence-electron chi connectivity index (χ2n) is 10.2. The summed E-state index contributed by atoms with van der Waals surface area (Å²) in [5.41, 5.74) is 1.77. The van der Waals surface area contributed by atoms with Crippen LogP contribution < -0.4 is 5.32 Å². The summed E-state index contributed by atoms with van der Waals surface area (Å²) in [5.74, 6) is 0.189. The van der Waals surface area contributed by atoms with E-state index >= 15 is 0 Å². The van der Waals surface area contributed by atoms with Crippen LogP contribution in [0.5, 0.6) is 0 Å². The first-order valence-corrected chi connectivity index (χ1v) is 11.2. The molecule has 4 rings (SSSR count). The molecule has 1 fully saturated rings. The lowest BCUT2D eigenvalue weighted by Gasteiger charge is -2.41. The molecule has 0 spiro atoms. The number of alkyl halides is 4. The molecular formula is C24H28F4N4O2. The van der Waals surface area contributed by atoms with Crippen LogP contribution in [0, 0.1) is 6.92 Å². The Morgan fingerprint density at radius 3 is 2.47 bits per heavy atom. The van der Waals surface area contributed by atoms with Crippen LogP contribution in [0.4, 0.5) is 23.6 Å². The van der Waals surface area contributed by atoms with Crippen molar-refractivity contribution in [2.45, 2.75) is 76.6 Å². The Bertz CT molecular complexity index is 1190. The molecule has 10 heteroatoms. The van der Waals surface area contributed by atoms with Gasteiger partial charge in [-0.15, -0.1) is 5.10 Å². The summed E-state index contributed by atoms with van der Waals surface area (Å²) >= 11 is 0. The Morgan fingerprint density at radius 1 is 1.15 bits per heavy atom. The van der Waals surface area contributed by atoms with Gasteiger partial charge in [0.05, 0.1) is 11.1 Å². The predicted molar refractivity (Wildman–Crippen MR) is 120 cm³/mol. The number of hydrogen-bond acceptors (Lipinski definition) is 6. The van der Waals surface area contributed by atoms with E-state index in [1.807, 2.05) is 27.7 Å². The zero-order valence-electron chi connectivity index (χ0n) is 19.6. The van der Waals surface area contributed by atoms with Crippen LogP contribution in [0.3, 0.4) is 0 Å². The molecule has 6 nitrogen and oxygen atoms in total. The number of pyridine rings is 1. The molecule has 3 aromatic rings. The highest BCUT2D eigenvalue weighted by Gasteiger charge is 2.43. The van der Waals surface area contributed by atoms with E-state index in [1.165, 1.54) is 0 Å². The highest BCUT2D eigenvalue weighted by atomic mass is 19.4. The van der Waals surface area contributed by atoms with Crippen molar-refractivity contribution >= 4 is 16.9 Å². The SMILES string of the molecule is Cc1cc(-c2nnc(NC3CC(O)(CF)C3)o2)nc2c(C(C)(C)C)cc(CCC(F)(F)F)cc12. The van der Waals surface area contributed by atoms with Crippen molar-refractivity contribution in [1.82, 2.24) is 15.2 Å². The van der Waals surface area contributed by atoms with Gasteiger partial charge in [0, 0.05) is 17.8 Å². The number of halogens is 4. The van der Waals surface area contributed by atoms with Crippen LogP contribution in [0.2, 0.25) is 0 Å². The van der Waals surface area contributed by atoms with Crippen LogP contribution in [0.1, 0.15) is 56.7 Å². The lowest BCUT2D eigenvalue weighted by atomic mass is 9.77. The number of rotatable bonds is 6. The number of aromatic nitrogens is 3. The second-order valence-corrected chi connectivity index (χ2v) is 10.2. The van der Waals surface area contributed by atoms with Crippen LogP contribution in [0.25, 0.3) is 22.5 Å². The van der Waals surface area contributed by atoms with Gasteiger partial charge in [-0.05, 0) is 60.4 Å². The van der Waals surface area contributed by atoms with Crippen molar-refractivity contribution in [3.8, 4) is 11.6 Å². The molecule has 1 saturated carbocycles. The van der Waals surface area contributed by atoms with Crippen LogP contribution in [-0.2, 0) is 11.8 Å². The number of benzene rings is 1. The Kier molecular flexibility index (Phi) is 6.08. The minimum atomic E-state index is -4.22. The maximum absolute atomic E-state index is 12.8. The summed E-state index contributed by atoms with van der Waals surface area (Å²) in [6.07, 6.45) is -4.70. The fourth-order valence-corrected chi connectivity index (χ4v) is 4.29. The summed E-state index contributed by atoms with van der Waals surface area (Å²) in [6, 6.07) is 5.33. The van der Waals surface area contributed by atoms with E-state index in [-0.39, 0.29) is 42.6 Å². The molecule has 0 amide bonds. The van der Waals surface area contributed by atoms with Crippen molar-refractivity contribution in [1.29, 1.82) is 0 Å². The number of anilines is 1. The normalized spacial score (nSPS) is 21.0. The molecule has 0 atom stereocenters. The molecule has 2 N–H and O–H groups in total. The Morgan fingerprint density at radius 2 is 1.85 bits per heavy atom. The number of aliphatic hydroxyl groups is 1. The number of aryl methyl sites for hydroxylation is 2. The third-order valence-electron chi connectivity index (χ3n) is 6.16. The highest BCUT2D eigenvalue weighted by molar-refractivity contribution is 5.88. The standard InChI is InChI=1S/C24H28F4N4O2/c1-13-7-18(20-31-32-21(34-20)29-15-10-23(33,11-15)12-25)30-19-16(13)8-14(5-6-24(26,27)28)9-17(19)22(2,3)4/h7-9,15,33H,5-6,10-12H2,1-4H3,(H,29,32). The molecule has 2 heterocycles. The van der Waals surface area contributed by atoms with Crippen molar-refractivity contribution in [2.24, 2.45) is 0 Å². The van der Waals surface area contributed by atoms with Gasteiger partial charge in [0.15, 0.2) is 0 Å². The summed E-state index contributed by atoms with van der Waals surface area (Å²) in [6.45, 7) is 7.05. The van der Waals surface area contributed by atoms with Gasteiger partial charge in [-0.3, -0.25) is 0 Å². The van der Waals surface area contributed by atoms with Crippen LogP contribution >= 0.6 is 0 Å². The second kappa shape index (κ2) is 8.48. The predicted octanol–water partition coefficient (Wildman–Crippen LogP) is 5.66. The van der Waals surface area contributed by atoms with Gasteiger partial charge in [0.2, 0.25) is 0 Å². The molecule has 184 valence electrons. The molecule has 2 aromatic heterocycles. The van der Waals surface area contributed by atoms with Gasteiger partial charge in [-0.25, -0.2) is 9.37 Å². The minimum absolute atomic E-state index is 0.0961. The van der Waals surface area contributed by atoms with E-state index in [0.29, 0.717) is 16.8 Å². The van der Waals surface area contributed by atoms with Gasteiger partial charge in [0.1, 0.15) is 12.4 Å². The molecule has 0 radical (unpaired) electrons. The highest BCUT2D eigenvalue weighted by Crippen LogP contribution is 2.36. The van der Waals surface area contributed by atoms with Crippen molar-refractivity contribution in [2.75, 3.05) is 12.0 Å². The lowest BCUT2D eigenvalue weighted by Crippen LogP contribution is -2.52. The van der Waals surface area contributed by atoms with Gasteiger partial charge >= 0.3 is 12.2 Å². The first kappa shape index (κ1) is 24.4. The quantitative estimate of drug-likeness (QED) is 0.443. The average Bonchev–Trinajstić information content (AvgIpc) is 3.18. The van der Waals surface area contributed by atoms with E-state index in [9.17, 15) is 22.7 Å². The molecule has 34 heavy (non-hydrogen) atoms. The Labute approximate surface area is 194 Å². The van der Waals surface area contributed by atoms with Crippen LogP contribution in [0.15, 0.2) is 22.6 Å². The number of nitrogens with one attached hydrogen (secondary N) is 1. The third-order valence-corrected chi connectivity index (χ3v) is 6.16. The van der Waals surface area contributed by atoms with Gasteiger partial charge in [-0.1, -0.05) is 31.9 Å². The van der Waals surface area contributed by atoms with E-state index < -0.39 is 24.9 Å². The zero-order chi connectivity index (χ0) is 24.9. The van der Waals surface area contributed by atoms with Gasteiger partial charge < -0.3 is 14.8 Å². The molecular weight excluding hydrogens is 452 g/mol. The number of hydrogen-bond donors (Lipinski definition) is 2. The minimum Gasteiger partial charge on any atom is -0.402 e. The molecule has 1 aliphatic rings. The zero-order valence-corrected chi connectivity index (χ0v) is 19.6. The topological polar surface area (TPSA) is 84.1 Å². The van der Waals surface area contributed by atoms with E-state index in [4.69, 9.17) is 9.40 Å². The Balaban J connectivity index is 1.66.